The quantitative estimate of drug-likeness (QED) is 0.687. The highest BCUT2D eigenvalue weighted by molar-refractivity contribution is 6.35. The molecule has 7 heteroatoms. The van der Waals surface area contributed by atoms with Gasteiger partial charge in [0.1, 0.15) is 11.3 Å². The second-order valence-corrected chi connectivity index (χ2v) is 8.84. The monoisotopic (exact) mass is 427 g/mol. The first kappa shape index (κ1) is 20.7. The van der Waals surface area contributed by atoms with E-state index in [2.05, 4.69) is 29.8 Å². The third kappa shape index (κ3) is 3.24. The van der Waals surface area contributed by atoms with Crippen molar-refractivity contribution >= 4 is 34.8 Å². The Morgan fingerprint density at radius 1 is 1.27 bits per heavy atom. The van der Waals surface area contributed by atoms with E-state index in [4.69, 9.17) is 16.3 Å². The van der Waals surface area contributed by atoms with Crippen LogP contribution in [0.1, 0.15) is 31.4 Å². The molecule has 6 nitrogen and oxygen atoms in total. The number of benzene rings is 2. The average molecular weight is 428 g/mol. The summed E-state index contributed by atoms with van der Waals surface area (Å²) in [7, 11) is 1.59. The maximum absolute atomic E-state index is 13.4. The molecule has 3 atom stereocenters. The molecule has 3 N–H and O–H groups in total. The zero-order valence-corrected chi connectivity index (χ0v) is 18.3. The topological polar surface area (TPSA) is 79.5 Å². The van der Waals surface area contributed by atoms with Crippen molar-refractivity contribution in [1.82, 2.24) is 5.32 Å². The summed E-state index contributed by atoms with van der Waals surface area (Å²) in [6.07, 6.45) is 0.554. The van der Waals surface area contributed by atoms with Crippen LogP contribution in [0.15, 0.2) is 36.4 Å². The number of hydrogen-bond acceptors (Lipinski definition) is 4. The highest BCUT2D eigenvalue weighted by Crippen LogP contribution is 2.50. The predicted octanol–water partition coefficient (Wildman–Crippen LogP) is 4.08. The van der Waals surface area contributed by atoms with Gasteiger partial charge in [-0.05, 0) is 55.2 Å². The summed E-state index contributed by atoms with van der Waals surface area (Å²) in [5, 5.41) is 9.89. The standard InChI is InChI=1S/C23H26ClN3O3/c1-12(2)19-11-17(21(28)25-14-5-7-15(30-4)8-6-14)23(27-19)16-9-13(3)10-18(24)20(16)26-22(23)29/h5-10,12,17,19,27H,11H2,1-4H3,(H,25,28)(H,26,29)/t17-,19+,23+/m0/s1. The molecule has 4 rings (SSSR count). The molecule has 1 spiro atoms. The minimum Gasteiger partial charge on any atom is -0.497 e. The van der Waals surface area contributed by atoms with Crippen LogP contribution in [0.25, 0.3) is 0 Å². The molecule has 2 aromatic carbocycles. The van der Waals surface area contributed by atoms with Crippen LogP contribution in [-0.4, -0.2) is 25.0 Å². The van der Waals surface area contributed by atoms with Crippen LogP contribution in [-0.2, 0) is 15.1 Å². The summed E-state index contributed by atoms with van der Waals surface area (Å²) in [6.45, 7) is 6.11. The third-order valence-electron chi connectivity index (χ3n) is 6.16. The van der Waals surface area contributed by atoms with Gasteiger partial charge in [0.05, 0.1) is 23.7 Å². The fourth-order valence-corrected chi connectivity index (χ4v) is 4.85. The molecule has 0 aliphatic carbocycles. The van der Waals surface area contributed by atoms with Crippen LogP contribution in [0.2, 0.25) is 5.02 Å². The molecule has 2 amide bonds. The molecule has 158 valence electrons. The number of fused-ring (bicyclic) bond motifs is 2. The number of hydrogen-bond donors (Lipinski definition) is 3. The number of carbonyl (C=O) groups excluding carboxylic acids is 2. The van der Waals surface area contributed by atoms with E-state index in [9.17, 15) is 9.59 Å². The number of amides is 2. The fourth-order valence-electron chi connectivity index (χ4n) is 4.53. The van der Waals surface area contributed by atoms with Crippen LogP contribution < -0.4 is 20.7 Å². The van der Waals surface area contributed by atoms with Gasteiger partial charge in [-0.25, -0.2) is 0 Å². The zero-order valence-electron chi connectivity index (χ0n) is 17.5. The molecule has 2 aliphatic rings. The van der Waals surface area contributed by atoms with E-state index < -0.39 is 11.5 Å². The summed E-state index contributed by atoms with van der Waals surface area (Å²) in [4.78, 5) is 26.7. The van der Waals surface area contributed by atoms with E-state index >= 15 is 0 Å². The summed E-state index contributed by atoms with van der Waals surface area (Å²) in [5.41, 5.74) is 1.79. The van der Waals surface area contributed by atoms with Gasteiger partial charge in [-0.15, -0.1) is 0 Å². The lowest BCUT2D eigenvalue weighted by atomic mass is 9.79. The number of halogens is 1. The average Bonchev–Trinajstić information content (AvgIpc) is 3.24. The fraction of sp³-hybridized carbons (Fsp3) is 0.391. The van der Waals surface area contributed by atoms with Crippen molar-refractivity contribution < 1.29 is 14.3 Å². The predicted molar refractivity (Wildman–Crippen MR) is 118 cm³/mol. The van der Waals surface area contributed by atoms with Crippen molar-refractivity contribution in [2.75, 3.05) is 17.7 Å². The van der Waals surface area contributed by atoms with E-state index in [-0.39, 0.29) is 23.8 Å². The largest absolute Gasteiger partial charge is 0.497 e. The van der Waals surface area contributed by atoms with Crippen LogP contribution in [0.5, 0.6) is 5.75 Å². The number of carbonyl (C=O) groups is 2. The highest BCUT2D eigenvalue weighted by Gasteiger charge is 2.60. The van der Waals surface area contributed by atoms with Gasteiger partial charge in [-0.2, -0.15) is 0 Å². The van der Waals surface area contributed by atoms with Crippen molar-refractivity contribution in [3.63, 3.8) is 0 Å². The van der Waals surface area contributed by atoms with Gasteiger partial charge in [0.2, 0.25) is 11.8 Å². The second kappa shape index (κ2) is 7.60. The number of anilines is 2. The molecule has 2 aromatic rings. The van der Waals surface area contributed by atoms with Crippen LogP contribution in [0.3, 0.4) is 0 Å². The molecule has 2 aliphatic heterocycles. The summed E-state index contributed by atoms with van der Waals surface area (Å²) in [5.74, 6) is -0.0375. The lowest BCUT2D eigenvalue weighted by Crippen LogP contribution is -2.52. The first-order valence-corrected chi connectivity index (χ1v) is 10.5. The normalized spacial score (nSPS) is 24.8. The first-order chi connectivity index (χ1) is 14.3. The number of ether oxygens (including phenoxy) is 1. The summed E-state index contributed by atoms with van der Waals surface area (Å²) < 4.78 is 5.18. The van der Waals surface area contributed by atoms with Gasteiger partial charge in [0.25, 0.3) is 0 Å². The molecule has 1 fully saturated rings. The smallest absolute Gasteiger partial charge is 0.250 e. The Kier molecular flexibility index (Phi) is 5.24. The van der Waals surface area contributed by atoms with E-state index in [1.54, 1.807) is 31.4 Å². The van der Waals surface area contributed by atoms with E-state index in [0.717, 1.165) is 11.1 Å². The Bertz CT molecular complexity index is 1010. The first-order valence-electron chi connectivity index (χ1n) is 10.1. The van der Waals surface area contributed by atoms with Crippen molar-refractivity contribution in [3.8, 4) is 5.75 Å². The molecule has 0 radical (unpaired) electrons. The number of methoxy groups -OCH3 is 1. The molecular formula is C23H26ClN3O3. The Morgan fingerprint density at radius 2 is 1.97 bits per heavy atom. The Labute approximate surface area is 181 Å². The SMILES string of the molecule is COc1ccc(NC(=O)[C@@H]2C[C@H](C(C)C)N[C@@]23C(=O)Nc2c(Cl)cc(C)cc23)cc1. The lowest BCUT2D eigenvalue weighted by molar-refractivity contribution is -0.130. The van der Waals surface area contributed by atoms with Crippen molar-refractivity contribution in [3.05, 3.63) is 52.5 Å². The minimum atomic E-state index is -1.14. The minimum absolute atomic E-state index is 0.0209. The van der Waals surface area contributed by atoms with E-state index in [1.165, 1.54) is 0 Å². The van der Waals surface area contributed by atoms with Gasteiger partial charge < -0.3 is 15.4 Å². The summed E-state index contributed by atoms with van der Waals surface area (Å²) in [6, 6.07) is 10.9. The Morgan fingerprint density at radius 3 is 2.60 bits per heavy atom. The Hall–Kier alpha value is -2.57. The second-order valence-electron chi connectivity index (χ2n) is 8.43. The van der Waals surface area contributed by atoms with E-state index in [0.29, 0.717) is 28.6 Å². The van der Waals surface area contributed by atoms with Gasteiger partial charge in [-0.3, -0.25) is 14.9 Å². The van der Waals surface area contributed by atoms with Crippen LogP contribution in [0, 0.1) is 18.8 Å². The zero-order chi connectivity index (χ0) is 21.6. The Balaban J connectivity index is 1.74. The van der Waals surface area contributed by atoms with Gasteiger partial charge in [0.15, 0.2) is 0 Å². The number of rotatable bonds is 4. The molecule has 30 heavy (non-hydrogen) atoms. The lowest BCUT2D eigenvalue weighted by Gasteiger charge is -2.30. The van der Waals surface area contributed by atoms with Crippen molar-refractivity contribution in [1.29, 1.82) is 0 Å². The molecular weight excluding hydrogens is 402 g/mol. The summed E-state index contributed by atoms with van der Waals surface area (Å²) >= 11 is 6.43. The molecule has 0 bridgehead atoms. The maximum Gasteiger partial charge on any atom is 0.250 e. The van der Waals surface area contributed by atoms with E-state index in [1.807, 2.05) is 19.1 Å². The third-order valence-corrected chi connectivity index (χ3v) is 6.46. The van der Waals surface area contributed by atoms with Gasteiger partial charge in [0, 0.05) is 17.3 Å². The molecule has 0 unspecified atom stereocenters. The molecule has 0 aromatic heterocycles. The van der Waals surface area contributed by atoms with Gasteiger partial charge >= 0.3 is 0 Å². The van der Waals surface area contributed by atoms with Crippen LogP contribution >= 0.6 is 11.6 Å². The molecule has 2 heterocycles. The van der Waals surface area contributed by atoms with Crippen LogP contribution in [0.4, 0.5) is 11.4 Å². The highest BCUT2D eigenvalue weighted by atomic mass is 35.5. The maximum atomic E-state index is 13.4. The molecule has 0 saturated carbocycles. The molecule has 1 saturated heterocycles. The van der Waals surface area contributed by atoms with Crippen molar-refractivity contribution in [2.24, 2.45) is 11.8 Å². The van der Waals surface area contributed by atoms with Gasteiger partial charge in [-0.1, -0.05) is 31.5 Å². The number of aryl methyl sites for hydroxylation is 1. The number of nitrogens with one attached hydrogen (secondary N) is 3. The van der Waals surface area contributed by atoms with Crippen molar-refractivity contribution in [2.45, 2.75) is 38.8 Å².